The molecule has 0 aromatic carbocycles. The highest BCUT2D eigenvalue weighted by molar-refractivity contribution is 7.99. The molecule has 1 amide bonds. The van der Waals surface area contributed by atoms with Gasteiger partial charge in [-0.15, -0.1) is 0 Å². The second-order valence-electron chi connectivity index (χ2n) is 2.68. The molecule has 0 aliphatic heterocycles. The van der Waals surface area contributed by atoms with Gasteiger partial charge in [-0.3, -0.25) is 4.79 Å². The van der Waals surface area contributed by atoms with Crippen molar-refractivity contribution in [1.82, 2.24) is 15.3 Å². The number of thioether (sulfide) groups is 1. The molecule has 0 aliphatic rings. The molecule has 14 heavy (non-hydrogen) atoms. The van der Waals surface area contributed by atoms with Crippen LogP contribution in [0.4, 0.5) is 5.82 Å². The summed E-state index contributed by atoms with van der Waals surface area (Å²) in [4.78, 5) is 19.1. The third-order valence-electron chi connectivity index (χ3n) is 1.46. The van der Waals surface area contributed by atoms with Crippen molar-refractivity contribution >= 4 is 23.5 Å². The lowest BCUT2D eigenvalue weighted by molar-refractivity contribution is -0.118. The molecule has 0 saturated heterocycles. The van der Waals surface area contributed by atoms with E-state index in [4.69, 9.17) is 5.73 Å². The van der Waals surface area contributed by atoms with Gasteiger partial charge in [0.15, 0.2) is 5.16 Å². The number of carbonyl (C=O) groups is 1. The van der Waals surface area contributed by atoms with Crippen LogP contribution in [0.15, 0.2) is 11.2 Å². The minimum atomic E-state index is -0.0568. The average Bonchev–Trinajstić information content (AvgIpc) is 2.12. The summed E-state index contributed by atoms with van der Waals surface area (Å²) in [6, 6.07) is 1.68. The van der Waals surface area contributed by atoms with Gasteiger partial charge in [-0.2, -0.15) is 0 Å². The maximum Gasteiger partial charge on any atom is 0.230 e. The molecule has 0 atom stereocenters. The Bertz CT molecular complexity index is 322. The largest absolute Gasteiger partial charge is 0.384 e. The first-order chi connectivity index (χ1) is 6.61. The molecule has 76 valence electrons. The van der Waals surface area contributed by atoms with Gasteiger partial charge in [-0.1, -0.05) is 11.8 Å². The lowest BCUT2D eigenvalue weighted by Crippen LogP contribution is -2.19. The first kappa shape index (κ1) is 10.8. The van der Waals surface area contributed by atoms with E-state index in [0.717, 1.165) is 5.69 Å². The Balaban J connectivity index is 2.63. The van der Waals surface area contributed by atoms with Crippen molar-refractivity contribution in [3.05, 3.63) is 11.8 Å². The third-order valence-corrected chi connectivity index (χ3v) is 2.31. The Hall–Kier alpha value is -1.30. The molecule has 3 N–H and O–H groups in total. The van der Waals surface area contributed by atoms with E-state index >= 15 is 0 Å². The molecule has 0 radical (unpaired) electrons. The van der Waals surface area contributed by atoms with E-state index < -0.39 is 0 Å². The molecule has 1 aromatic rings. The highest BCUT2D eigenvalue weighted by Gasteiger charge is 2.03. The van der Waals surface area contributed by atoms with E-state index in [-0.39, 0.29) is 5.91 Å². The Kier molecular flexibility index (Phi) is 3.70. The van der Waals surface area contributed by atoms with Crippen LogP contribution >= 0.6 is 11.8 Å². The number of amides is 1. The van der Waals surface area contributed by atoms with Crippen LogP contribution in [0.3, 0.4) is 0 Å². The number of nitrogens with one attached hydrogen (secondary N) is 1. The van der Waals surface area contributed by atoms with Crippen LogP contribution in [0.1, 0.15) is 5.69 Å². The van der Waals surface area contributed by atoms with Crippen molar-refractivity contribution in [1.29, 1.82) is 0 Å². The second kappa shape index (κ2) is 4.80. The lowest BCUT2D eigenvalue weighted by Gasteiger charge is -2.01. The standard InChI is InChI=1S/C8H12N4OS/c1-5-3-6(9)12-8(11-5)14-4-7(13)10-2/h3H,4H2,1-2H3,(H,10,13)(H2,9,11,12). The van der Waals surface area contributed by atoms with Gasteiger partial charge < -0.3 is 11.1 Å². The van der Waals surface area contributed by atoms with E-state index in [0.29, 0.717) is 16.7 Å². The molecule has 0 unspecified atom stereocenters. The smallest absolute Gasteiger partial charge is 0.230 e. The number of nitrogens with zero attached hydrogens (tertiary/aromatic N) is 2. The highest BCUT2D eigenvalue weighted by atomic mass is 32.2. The minimum absolute atomic E-state index is 0.0568. The van der Waals surface area contributed by atoms with Crippen molar-refractivity contribution < 1.29 is 4.79 Å². The number of anilines is 1. The predicted octanol–water partition coefficient (Wildman–Crippen LogP) is 0.205. The summed E-state index contributed by atoms with van der Waals surface area (Å²) < 4.78 is 0. The number of nitrogens with two attached hydrogens (primary N) is 1. The van der Waals surface area contributed by atoms with Gasteiger partial charge in [-0.05, 0) is 6.92 Å². The molecular weight excluding hydrogens is 200 g/mol. The number of aromatic nitrogens is 2. The fraction of sp³-hybridized carbons (Fsp3) is 0.375. The first-order valence-corrected chi connectivity index (χ1v) is 5.05. The SMILES string of the molecule is CNC(=O)CSc1nc(C)cc(N)n1. The summed E-state index contributed by atoms with van der Waals surface area (Å²) in [5, 5.41) is 3.05. The van der Waals surface area contributed by atoms with Gasteiger partial charge in [0.2, 0.25) is 5.91 Å². The van der Waals surface area contributed by atoms with E-state index in [1.165, 1.54) is 11.8 Å². The molecule has 1 aromatic heterocycles. The van der Waals surface area contributed by atoms with Gasteiger partial charge in [0.25, 0.3) is 0 Å². The van der Waals surface area contributed by atoms with E-state index in [1.54, 1.807) is 13.1 Å². The van der Waals surface area contributed by atoms with Gasteiger partial charge in [-0.25, -0.2) is 9.97 Å². The van der Waals surface area contributed by atoms with E-state index in [1.807, 2.05) is 6.92 Å². The van der Waals surface area contributed by atoms with Gasteiger partial charge in [0.05, 0.1) is 5.75 Å². The van der Waals surface area contributed by atoms with E-state index in [2.05, 4.69) is 15.3 Å². The van der Waals surface area contributed by atoms with Crippen LogP contribution in [-0.4, -0.2) is 28.7 Å². The van der Waals surface area contributed by atoms with Crippen molar-refractivity contribution in [3.8, 4) is 0 Å². The number of hydrogen-bond acceptors (Lipinski definition) is 5. The number of hydrogen-bond donors (Lipinski definition) is 2. The quantitative estimate of drug-likeness (QED) is 0.553. The molecular formula is C8H12N4OS. The zero-order chi connectivity index (χ0) is 10.6. The van der Waals surface area contributed by atoms with E-state index in [9.17, 15) is 4.79 Å². The summed E-state index contributed by atoms with van der Waals surface area (Å²) in [5.74, 6) is 0.676. The Morgan fingerprint density at radius 1 is 1.64 bits per heavy atom. The number of nitrogen functional groups attached to an aromatic ring is 1. The summed E-state index contributed by atoms with van der Waals surface area (Å²) in [6.45, 7) is 1.84. The van der Waals surface area contributed by atoms with Gasteiger partial charge >= 0.3 is 0 Å². The maximum atomic E-state index is 10.9. The van der Waals surface area contributed by atoms with Crippen LogP contribution in [0.2, 0.25) is 0 Å². The second-order valence-corrected chi connectivity index (χ2v) is 3.62. The molecule has 0 bridgehead atoms. The minimum Gasteiger partial charge on any atom is -0.384 e. The Morgan fingerprint density at radius 3 is 2.93 bits per heavy atom. The van der Waals surface area contributed by atoms with Crippen molar-refractivity contribution in [2.24, 2.45) is 0 Å². The zero-order valence-electron chi connectivity index (χ0n) is 8.07. The maximum absolute atomic E-state index is 10.9. The van der Waals surface area contributed by atoms with Crippen molar-refractivity contribution in [3.63, 3.8) is 0 Å². The molecule has 5 nitrogen and oxygen atoms in total. The summed E-state index contributed by atoms with van der Waals surface area (Å²) in [6.07, 6.45) is 0. The van der Waals surface area contributed by atoms with Crippen LogP contribution in [0.25, 0.3) is 0 Å². The first-order valence-electron chi connectivity index (χ1n) is 4.06. The van der Waals surface area contributed by atoms with Gasteiger partial charge in [0.1, 0.15) is 5.82 Å². The third kappa shape index (κ3) is 3.21. The normalized spacial score (nSPS) is 9.86. The Morgan fingerprint density at radius 2 is 2.36 bits per heavy atom. The number of aryl methyl sites for hydroxylation is 1. The summed E-state index contributed by atoms with van der Waals surface area (Å²) in [5.41, 5.74) is 6.34. The number of rotatable bonds is 3. The topological polar surface area (TPSA) is 80.9 Å². The average molecular weight is 212 g/mol. The highest BCUT2D eigenvalue weighted by Crippen LogP contribution is 2.14. The van der Waals surface area contributed by atoms with Crippen molar-refractivity contribution in [2.45, 2.75) is 12.1 Å². The van der Waals surface area contributed by atoms with Crippen LogP contribution < -0.4 is 11.1 Å². The molecule has 0 saturated carbocycles. The molecule has 1 heterocycles. The molecule has 0 spiro atoms. The molecule has 0 aliphatic carbocycles. The molecule has 0 fully saturated rings. The molecule has 6 heteroatoms. The zero-order valence-corrected chi connectivity index (χ0v) is 8.89. The summed E-state index contributed by atoms with van der Waals surface area (Å²) >= 11 is 1.27. The van der Waals surface area contributed by atoms with Crippen molar-refractivity contribution in [2.75, 3.05) is 18.5 Å². The fourth-order valence-electron chi connectivity index (χ4n) is 0.832. The van der Waals surface area contributed by atoms with Crippen LogP contribution in [0, 0.1) is 6.92 Å². The number of carbonyl (C=O) groups excluding carboxylic acids is 1. The van der Waals surface area contributed by atoms with Crippen LogP contribution in [-0.2, 0) is 4.79 Å². The fourth-order valence-corrected chi connectivity index (χ4v) is 1.61. The predicted molar refractivity (Wildman–Crippen MR) is 56.0 cm³/mol. The van der Waals surface area contributed by atoms with Gasteiger partial charge in [0, 0.05) is 18.8 Å². The molecule has 1 rings (SSSR count). The lowest BCUT2D eigenvalue weighted by atomic mass is 10.4. The van der Waals surface area contributed by atoms with Crippen LogP contribution in [0.5, 0.6) is 0 Å². The Labute approximate surface area is 86.5 Å². The summed E-state index contributed by atoms with van der Waals surface area (Å²) in [7, 11) is 1.59. The monoisotopic (exact) mass is 212 g/mol.